The first-order chi connectivity index (χ1) is 9.74. The summed E-state index contributed by atoms with van der Waals surface area (Å²) < 4.78 is 5.49. The van der Waals surface area contributed by atoms with Crippen molar-refractivity contribution in [3.63, 3.8) is 0 Å². The average Bonchev–Trinajstić information content (AvgIpc) is 2.90. The number of aromatic nitrogens is 2. The minimum Gasteiger partial charge on any atom is -0.407 e. The molecule has 0 radical (unpaired) electrons. The van der Waals surface area contributed by atoms with Crippen molar-refractivity contribution < 1.29 is 4.42 Å². The molecule has 2 N–H and O–H groups in total. The fourth-order valence-electron chi connectivity index (χ4n) is 1.82. The van der Waals surface area contributed by atoms with Gasteiger partial charge in [0.05, 0.1) is 6.54 Å². The highest BCUT2D eigenvalue weighted by atomic mass is 16.4. The van der Waals surface area contributed by atoms with Crippen molar-refractivity contribution in [3.05, 3.63) is 41.8 Å². The molecule has 1 heterocycles. The minimum atomic E-state index is 0.407. The van der Waals surface area contributed by atoms with E-state index in [2.05, 4.69) is 58.9 Å². The topological polar surface area (TPSA) is 63.0 Å². The van der Waals surface area contributed by atoms with Crippen LogP contribution in [0, 0.1) is 0 Å². The zero-order valence-electron chi connectivity index (χ0n) is 12.1. The van der Waals surface area contributed by atoms with E-state index in [0.29, 0.717) is 24.5 Å². The summed E-state index contributed by atoms with van der Waals surface area (Å²) in [5.74, 6) is 0.615. The van der Waals surface area contributed by atoms with Crippen molar-refractivity contribution >= 4 is 6.01 Å². The fourth-order valence-corrected chi connectivity index (χ4v) is 1.82. The average molecular weight is 274 g/mol. The number of rotatable bonds is 8. The van der Waals surface area contributed by atoms with Crippen LogP contribution >= 0.6 is 0 Å². The molecular formula is C15H22N4O. The maximum absolute atomic E-state index is 5.49. The monoisotopic (exact) mass is 274 g/mol. The van der Waals surface area contributed by atoms with Crippen LogP contribution in [-0.2, 0) is 13.0 Å². The Morgan fingerprint density at radius 2 is 1.95 bits per heavy atom. The van der Waals surface area contributed by atoms with E-state index in [4.69, 9.17) is 4.42 Å². The molecule has 0 fully saturated rings. The Hall–Kier alpha value is -1.88. The van der Waals surface area contributed by atoms with E-state index in [0.717, 1.165) is 19.4 Å². The van der Waals surface area contributed by atoms with Gasteiger partial charge >= 0.3 is 6.01 Å². The SMILES string of the molecule is CC(C)NCc1nnc(NCCCc2ccccc2)o1. The molecule has 0 amide bonds. The van der Waals surface area contributed by atoms with Crippen LogP contribution in [0.25, 0.3) is 0 Å². The molecule has 0 saturated heterocycles. The van der Waals surface area contributed by atoms with Gasteiger partial charge < -0.3 is 15.1 Å². The molecule has 0 aliphatic carbocycles. The Labute approximate surface area is 119 Å². The van der Waals surface area contributed by atoms with Crippen LogP contribution in [0.15, 0.2) is 34.7 Å². The molecule has 1 aromatic carbocycles. The summed E-state index contributed by atoms with van der Waals surface area (Å²) in [5, 5.41) is 14.3. The Morgan fingerprint density at radius 3 is 2.70 bits per heavy atom. The first-order valence-corrected chi connectivity index (χ1v) is 7.07. The Bertz CT molecular complexity index is 496. The molecule has 0 aliphatic heterocycles. The van der Waals surface area contributed by atoms with E-state index >= 15 is 0 Å². The third-order valence-electron chi connectivity index (χ3n) is 2.89. The van der Waals surface area contributed by atoms with Crippen LogP contribution in [0.3, 0.4) is 0 Å². The van der Waals surface area contributed by atoms with Gasteiger partial charge in [0.1, 0.15) is 0 Å². The second-order valence-corrected chi connectivity index (χ2v) is 5.05. The molecule has 0 atom stereocenters. The molecule has 0 unspecified atom stereocenters. The number of nitrogens with one attached hydrogen (secondary N) is 2. The van der Waals surface area contributed by atoms with Crippen molar-refractivity contribution in [1.82, 2.24) is 15.5 Å². The summed E-state index contributed by atoms with van der Waals surface area (Å²) in [6, 6.07) is 11.4. The predicted octanol–water partition coefficient (Wildman–Crippen LogP) is 2.61. The van der Waals surface area contributed by atoms with Crippen molar-refractivity contribution in [3.8, 4) is 0 Å². The zero-order chi connectivity index (χ0) is 14.2. The van der Waals surface area contributed by atoms with E-state index < -0.39 is 0 Å². The first kappa shape index (κ1) is 14.5. The lowest BCUT2D eigenvalue weighted by atomic mass is 10.1. The minimum absolute atomic E-state index is 0.407. The van der Waals surface area contributed by atoms with Crippen LogP contribution in [0.4, 0.5) is 6.01 Å². The molecule has 0 aliphatic rings. The van der Waals surface area contributed by atoms with Crippen molar-refractivity contribution in [1.29, 1.82) is 0 Å². The van der Waals surface area contributed by atoms with Gasteiger partial charge in [-0.05, 0) is 18.4 Å². The van der Waals surface area contributed by atoms with Crippen LogP contribution in [-0.4, -0.2) is 22.8 Å². The van der Waals surface area contributed by atoms with Gasteiger partial charge in [-0.3, -0.25) is 0 Å². The largest absolute Gasteiger partial charge is 0.407 e. The van der Waals surface area contributed by atoms with Gasteiger partial charge in [-0.1, -0.05) is 49.3 Å². The van der Waals surface area contributed by atoms with Gasteiger partial charge in [0.25, 0.3) is 0 Å². The molecular weight excluding hydrogens is 252 g/mol. The van der Waals surface area contributed by atoms with Crippen molar-refractivity contribution in [2.75, 3.05) is 11.9 Å². The summed E-state index contributed by atoms with van der Waals surface area (Å²) in [4.78, 5) is 0. The summed E-state index contributed by atoms with van der Waals surface area (Å²) >= 11 is 0. The number of benzene rings is 1. The van der Waals surface area contributed by atoms with Gasteiger partial charge in [-0.25, -0.2) is 0 Å². The molecule has 108 valence electrons. The molecule has 0 bridgehead atoms. The molecule has 20 heavy (non-hydrogen) atoms. The highest BCUT2D eigenvalue weighted by Gasteiger charge is 2.05. The molecule has 5 heteroatoms. The fraction of sp³-hybridized carbons (Fsp3) is 0.467. The zero-order valence-corrected chi connectivity index (χ0v) is 12.1. The van der Waals surface area contributed by atoms with Crippen molar-refractivity contribution in [2.45, 2.75) is 39.3 Å². The molecule has 1 aromatic heterocycles. The van der Waals surface area contributed by atoms with Crippen LogP contribution in [0.1, 0.15) is 31.7 Å². The number of anilines is 1. The maximum Gasteiger partial charge on any atom is 0.315 e. The van der Waals surface area contributed by atoms with Crippen molar-refractivity contribution in [2.24, 2.45) is 0 Å². The van der Waals surface area contributed by atoms with Gasteiger partial charge in [0.2, 0.25) is 5.89 Å². The Morgan fingerprint density at radius 1 is 1.15 bits per heavy atom. The normalized spacial score (nSPS) is 10.9. The third-order valence-corrected chi connectivity index (χ3v) is 2.89. The Balaban J connectivity index is 1.67. The number of nitrogens with zero attached hydrogens (tertiary/aromatic N) is 2. The molecule has 5 nitrogen and oxygen atoms in total. The molecule has 0 spiro atoms. The lowest BCUT2D eigenvalue weighted by Crippen LogP contribution is -2.21. The van der Waals surface area contributed by atoms with E-state index in [1.807, 2.05) is 6.07 Å². The Kier molecular flexibility index (Phi) is 5.55. The maximum atomic E-state index is 5.49. The third kappa shape index (κ3) is 5.01. The molecule has 0 saturated carbocycles. The standard InChI is InChI=1S/C15H22N4O/c1-12(2)17-11-14-18-19-15(20-14)16-10-6-9-13-7-4-3-5-8-13/h3-5,7-8,12,17H,6,9-11H2,1-2H3,(H,16,19). The van der Waals surface area contributed by atoms with E-state index in [-0.39, 0.29) is 0 Å². The molecule has 2 rings (SSSR count). The second-order valence-electron chi connectivity index (χ2n) is 5.05. The number of aryl methyl sites for hydroxylation is 1. The van der Waals surface area contributed by atoms with Gasteiger partial charge in [-0.15, -0.1) is 5.10 Å². The van der Waals surface area contributed by atoms with Gasteiger partial charge in [0, 0.05) is 12.6 Å². The van der Waals surface area contributed by atoms with E-state index in [1.165, 1.54) is 5.56 Å². The smallest absolute Gasteiger partial charge is 0.315 e. The molecule has 2 aromatic rings. The van der Waals surface area contributed by atoms with Crippen LogP contribution in [0.5, 0.6) is 0 Å². The quantitative estimate of drug-likeness (QED) is 0.724. The number of hydrogen-bond donors (Lipinski definition) is 2. The highest BCUT2D eigenvalue weighted by molar-refractivity contribution is 5.18. The van der Waals surface area contributed by atoms with Crippen LogP contribution in [0.2, 0.25) is 0 Å². The van der Waals surface area contributed by atoms with Crippen LogP contribution < -0.4 is 10.6 Å². The lowest BCUT2D eigenvalue weighted by Gasteiger charge is -2.04. The van der Waals surface area contributed by atoms with Gasteiger partial charge in [-0.2, -0.15) is 0 Å². The first-order valence-electron chi connectivity index (χ1n) is 7.07. The second kappa shape index (κ2) is 7.65. The summed E-state index contributed by atoms with van der Waals surface area (Å²) in [6.45, 7) is 5.60. The highest BCUT2D eigenvalue weighted by Crippen LogP contribution is 2.07. The number of hydrogen-bond acceptors (Lipinski definition) is 5. The van der Waals surface area contributed by atoms with E-state index in [9.17, 15) is 0 Å². The van der Waals surface area contributed by atoms with E-state index in [1.54, 1.807) is 0 Å². The summed E-state index contributed by atoms with van der Waals surface area (Å²) in [7, 11) is 0. The predicted molar refractivity (Wildman–Crippen MR) is 79.5 cm³/mol. The summed E-state index contributed by atoms with van der Waals surface area (Å²) in [5.41, 5.74) is 1.35. The lowest BCUT2D eigenvalue weighted by molar-refractivity contribution is 0.458. The van der Waals surface area contributed by atoms with Gasteiger partial charge in [0.15, 0.2) is 0 Å². The summed E-state index contributed by atoms with van der Waals surface area (Å²) in [6.07, 6.45) is 2.08.